The smallest absolute Gasteiger partial charge is 0.198 e. The molecule has 0 bridgehead atoms. The molecule has 0 radical (unpaired) electrons. The van der Waals surface area contributed by atoms with E-state index in [1.165, 1.54) is 13.2 Å². The lowest BCUT2D eigenvalue weighted by Crippen LogP contribution is -2.72. The van der Waals surface area contributed by atoms with Crippen LogP contribution in [0.25, 0.3) is 0 Å². The van der Waals surface area contributed by atoms with Crippen molar-refractivity contribution in [2.45, 2.75) is 65.6 Å². The molecule has 0 spiro atoms. The number of Topliss-reactive ketones (excluding diaryl/α,β-unsaturated/α-hetero) is 2. The lowest BCUT2D eigenvalue weighted by Gasteiger charge is -2.64. The Balaban J connectivity index is 2.37. The van der Waals surface area contributed by atoms with E-state index in [9.17, 15) is 14.4 Å². The number of ether oxygens (including phenoxy) is 2. The van der Waals surface area contributed by atoms with E-state index in [2.05, 4.69) is 13.8 Å². The second-order valence-corrected chi connectivity index (χ2v) is 9.19. The molecule has 0 unspecified atom stereocenters. The molecule has 0 aromatic carbocycles. The second-order valence-electron chi connectivity index (χ2n) is 9.19. The van der Waals surface area contributed by atoms with Crippen LogP contribution in [0.2, 0.25) is 0 Å². The van der Waals surface area contributed by atoms with E-state index in [4.69, 9.17) is 9.47 Å². The highest BCUT2D eigenvalue weighted by molar-refractivity contribution is 6.36. The fraction of sp³-hybridized carbons (Fsp3) is 0.682. The van der Waals surface area contributed by atoms with Crippen molar-refractivity contribution >= 4 is 17.3 Å². The molecule has 148 valence electrons. The molecule has 1 saturated carbocycles. The van der Waals surface area contributed by atoms with Gasteiger partial charge in [-0.3, -0.25) is 14.4 Å². The van der Waals surface area contributed by atoms with Crippen LogP contribution in [0.3, 0.4) is 0 Å². The molecule has 0 amide bonds. The zero-order chi connectivity index (χ0) is 20.4. The monoisotopic (exact) mass is 374 g/mol. The van der Waals surface area contributed by atoms with E-state index in [0.29, 0.717) is 17.6 Å². The molecular formula is C22H30O5. The molecule has 5 nitrogen and oxygen atoms in total. The fourth-order valence-electron chi connectivity index (χ4n) is 6.03. The van der Waals surface area contributed by atoms with E-state index >= 15 is 0 Å². The minimum absolute atomic E-state index is 0.0194. The van der Waals surface area contributed by atoms with E-state index in [1.807, 2.05) is 20.8 Å². The number of rotatable bonds is 3. The Morgan fingerprint density at radius 1 is 1.07 bits per heavy atom. The van der Waals surface area contributed by atoms with E-state index in [1.54, 1.807) is 7.11 Å². The van der Waals surface area contributed by atoms with E-state index in [0.717, 1.165) is 12.8 Å². The maximum Gasteiger partial charge on any atom is 0.198 e. The minimum atomic E-state index is -1.01. The largest absolute Gasteiger partial charge is 0.374 e. The molecule has 0 N–H and O–H groups in total. The van der Waals surface area contributed by atoms with Crippen LogP contribution in [0.4, 0.5) is 0 Å². The average molecular weight is 374 g/mol. The Hall–Kier alpha value is -1.59. The molecule has 0 aliphatic heterocycles. The van der Waals surface area contributed by atoms with E-state index in [-0.39, 0.29) is 23.1 Å². The van der Waals surface area contributed by atoms with Crippen molar-refractivity contribution in [1.29, 1.82) is 0 Å². The molecule has 27 heavy (non-hydrogen) atoms. The predicted octanol–water partition coefficient (Wildman–Crippen LogP) is 3.22. The summed E-state index contributed by atoms with van der Waals surface area (Å²) in [4.78, 5) is 39.9. The summed E-state index contributed by atoms with van der Waals surface area (Å²) in [6, 6.07) is 0. The number of allylic oxidation sites excluding steroid dienone is 2. The lowest BCUT2D eigenvalue weighted by atomic mass is 9.44. The number of ketones is 3. The summed E-state index contributed by atoms with van der Waals surface area (Å²) in [6.45, 7) is 9.79. The summed E-state index contributed by atoms with van der Waals surface area (Å²) in [5.74, 6) is -1.13. The molecule has 0 saturated heterocycles. The first-order valence-corrected chi connectivity index (χ1v) is 9.67. The zero-order valence-electron chi connectivity index (χ0n) is 17.4. The summed E-state index contributed by atoms with van der Waals surface area (Å²) in [6.07, 6.45) is 2.91. The van der Waals surface area contributed by atoms with Gasteiger partial charge >= 0.3 is 0 Å². The Labute approximate surface area is 161 Å². The van der Waals surface area contributed by atoms with Crippen molar-refractivity contribution in [2.75, 3.05) is 14.2 Å². The van der Waals surface area contributed by atoms with Crippen LogP contribution < -0.4 is 0 Å². The third kappa shape index (κ3) is 2.27. The van der Waals surface area contributed by atoms with Crippen LogP contribution in [0, 0.1) is 16.7 Å². The molecule has 3 rings (SSSR count). The Kier molecular flexibility index (Phi) is 4.64. The van der Waals surface area contributed by atoms with Crippen molar-refractivity contribution in [3.63, 3.8) is 0 Å². The molecule has 3 aliphatic rings. The normalized spacial score (nSPS) is 35.9. The zero-order valence-corrected chi connectivity index (χ0v) is 17.4. The molecule has 0 heterocycles. The second kappa shape index (κ2) is 6.21. The number of methoxy groups -OCH3 is 2. The summed E-state index contributed by atoms with van der Waals surface area (Å²) in [5.41, 5.74) is -1.46. The highest BCUT2D eigenvalue weighted by Gasteiger charge is 2.71. The summed E-state index contributed by atoms with van der Waals surface area (Å²) < 4.78 is 11.8. The van der Waals surface area contributed by atoms with Gasteiger partial charge in [-0.1, -0.05) is 41.0 Å². The maximum atomic E-state index is 13.5. The number of hydrogen-bond donors (Lipinski definition) is 0. The highest BCUT2D eigenvalue weighted by Crippen LogP contribution is 2.64. The average Bonchev–Trinajstić information content (AvgIpc) is 2.57. The lowest BCUT2D eigenvalue weighted by molar-refractivity contribution is -0.246. The standard InChI is InChI=1S/C22H30O5/c1-12(2)13-11-14(23)16-15(17(13)24)18(25)19(26-6)22(27-7)20(3,4)9-8-10-21(16,22)5/h11-12,19H,8-10H2,1-7H3/t19-,21+,22+/m0/s1. The van der Waals surface area contributed by atoms with Crippen LogP contribution >= 0.6 is 0 Å². The number of hydrogen-bond acceptors (Lipinski definition) is 5. The van der Waals surface area contributed by atoms with E-state index < -0.39 is 28.3 Å². The van der Waals surface area contributed by atoms with Gasteiger partial charge in [0.25, 0.3) is 0 Å². The van der Waals surface area contributed by atoms with Gasteiger partial charge in [-0.15, -0.1) is 0 Å². The number of fused-ring (bicyclic) bond motifs is 2. The van der Waals surface area contributed by atoms with Gasteiger partial charge in [0, 0.05) is 30.8 Å². The summed E-state index contributed by atoms with van der Waals surface area (Å²) in [7, 11) is 3.06. The van der Waals surface area contributed by atoms with Gasteiger partial charge in [-0.25, -0.2) is 0 Å². The van der Waals surface area contributed by atoms with Gasteiger partial charge in [-0.2, -0.15) is 0 Å². The molecule has 3 aliphatic carbocycles. The van der Waals surface area contributed by atoms with Gasteiger partial charge in [0.05, 0.1) is 5.57 Å². The van der Waals surface area contributed by atoms with Crippen LogP contribution in [-0.2, 0) is 23.9 Å². The fourth-order valence-corrected chi connectivity index (χ4v) is 6.03. The Morgan fingerprint density at radius 2 is 1.70 bits per heavy atom. The van der Waals surface area contributed by atoms with Crippen molar-refractivity contribution in [1.82, 2.24) is 0 Å². The Morgan fingerprint density at radius 3 is 2.22 bits per heavy atom. The Bertz CT molecular complexity index is 785. The quantitative estimate of drug-likeness (QED) is 0.560. The van der Waals surface area contributed by atoms with Gasteiger partial charge in [0.2, 0.25) is 0 Å². The van der Waals surface area contributed by atoms with Gasteiger partial charge in [0.1, 0.15) is 5.60 Å². The number of carbonyl (C=O) groups is 3. The molecule has 3 atom stereocenters. The molecule has 0 aromatic rings. The molecule has 1 fully saturated rings. The van der Waals surface area contributed by atoms with Crippen LogP contribution in [0.5, 0.6) is 0 Å². The van der Waals surface area contributed by atoms with Gasteiger partial charge < -0.3 is 9.47 Å². The van der Waals surface area contributed by atoms with Crippen LogP contribution in [0.15, 0.2) is 22.8 Å². The van der Waals surface area contributed by atoms with Crippen LogP contribution in [0.1, 0.15) is 53.9 Å². The van der Waals surface area contributed by atoms with Crippen molar-refractivity contribution < 1.29 is 23.9 Å². The first-order chi connectivity index (χ1) is 12.5. The molecular weight excluding hydrogens is 344 g/mol. The van der Waals surface area contributed by atoms with Gasteiger partial charge in [0.15, 0.2) is 23.5 Å². The maximum absolute atomic E-state index is 13.5. The predicted molar refractivity (Wildman–Crippen MR) is 101 cm³/mol. The minimum Gasteiger partial charge on any atom is -0.374 e. The summed E-state index contributed by atoms with van der Waals surface area (Å²) in [5, 5.41) is 0. The van der Waals surface area contributed by atoms with Crippen molar-refractivity contribution in [2.24, 2.45) is 16.7 Å². The number of carbonyl (C=O) groups excluding carboxylic acids is 3. The van der Waals surface area contributed by atoms with Crippen molar-refractivity contribution in [3.05, 3.63) is 22.8 Å². The molecule has 0 aromatic heterocycles. The molecule has 5 heteroatoms. The first-order valence-electron chi connectivity index (χ1n) is 9.67. The van der Waals surface area contributed by atoms with Gasteiger partial charge in [-0.05, 0) is 30.3 Å². The third-order valence-electron chi connectivity index (χ3n) is 7.16. The van der Waals surface area contributed by atoms with Crippen molar-refractivity contribution in [3.8, 4) is 0 Å². The highest BCUT2D eigenvalue weighted by atomic mass is 16.5. The third-order valence-corrected chi connectivity index (χ3v) is 7.16. The topological polar surface area (TPSA) is 69.7 Å². The first kappa shape index (κ1) is 20.2. The van der Waals surface area contributed by atoms with Crippen LogP contribution in [-0.4, -0.2) is 43.3 Å². The summed E-state index contributed by atoms with van der Waals surface area (Å²) >= 11 is 0. The SMILES string of the molecule is CO[C@H]1C(=O)C2=C(C(=O)C=C(C(C)C)C2=O)[C@@]2(C)CCCC(C)(C)[C@]12OC.